The van der Waals surface area contributed by atoms with Crippen LogP contribution in [0.15, 0.2) is 30.3 Å². The molecule has 1 aromatic carbocycles. The number of hydrogen-bond donors (Lipinski definition) is 1. The average Bonchev–Trinajstić information content (AvgIpc) is 3.88. The summed E-state index contributed by atoms with van der Waals surface area (Å²) >= 11 is 0. The van der Waals surface area contributed by atoms with Gasteiger partial charge in [-0.05, 0) is 138 Å². The van der Waals surface area contributed by atoms with Crippen molar-refractivity contribution in [3.05, 3.63) is 35.9 Å². The molecule has 0 unspecified atom stereocenters. The molecular formula is C46H82N6O. The number of likely N-dealkylation sites (N-methyl/N-ethyl adjacent to an activating group) is 1. The van der Waals surface area contributed by atoms with E-state index in [1.54, 1.807) is 0 Å². The maximum absolute atomic E-state index is 10.7. The van der Waals surface area contributed by atoms with E-state index >= 15 is 0 Å². The second kappa shape index (κ2) is 16.1. The molecule has 6 saturated heterocycles. The summed E-state index contributed by atoms with van der Waals surface area (Å²) in [5.41, 5.74) is 2.48. The van der Waals surface area contributed by atoms with Crippen LogP contribution in [0.25, 0.3) is 0 Å². The maximum atomic E-state index is 10.7. The van der Waals surface area contributed by atoms with Gasteiger partial charge in [0.2, 0.25) is 0 Å². The molecule has 7 heteroatoms. The standard InChI is InChI=1S/C17H32N2O.C17H26N2.C12H24N2/c1-16(2,3)19-11-14-9-18(10-15(14)12-19)13-17(20)7-5-4-6-8-17;1-16(2,3)19-11-15-10-18(4)12-17(15,13-19)14-8-6-5-7-9-14;1-12(2,3)14-8-6-11-10(9-14)5-7-13(11)4/h14-15,20H,4-13H2,1-3H3;5-9,15H,10-13H2,1-4H3;10-11H,5-9H2,1-4H3/t14-,15+;15-,17+;10-,11+/m.00/s1. The Morgan fingerprint density at radius 1 is 0.623 bits per heavy atom. The highest BCUT2D eigenvalue weighted by atomic mass is 16.3. The summed E-state index contributed by atoms with van der Waals surface area (Å²) in [6.07, 6.45) is 8.57. The quantitative estimate of drug-likeness (QED) is 0.369. The lowest BCUT2D eigenvalue weighted by atomic mass is 9.75. The molecule has 1 aromatic rings. The molecule has 7 nitrogen and oxygen atoms in total. The van der Waals surface area contributed by atoms with Crippen LogP contribution < -0.4 is 0 Å². The predicted molar refractivity (Wildman–Crippen MR) is 224 cm³/mol. The van der Waals surface area contributed by atoms with Crippen molar-refractivity contribution in [3.63, 3.8) is 0 Å². The van der Waals surface area contributed by atoms with Gasteiger partial charge < -0.3 is 14.9 Å². The van der Waals surface area contributed by atoms with Gasteiger partial charge in [0.05, 0.1) is 5.60 Å². The summed E-state index contributed by atoms with van der Waals surface area (Å²) < 4.78 is 0. The molecule has 7 fully saturated rings. The van der Waals surface area contributed by atoms with E-state index in [-0.39, 0.29) is 11.1 Å². The Morgan fingerprint density at radius 2 is 1.21 bits per heavy atom. The number of nitrogens with zero attached hydrogens (tertiary/aromatic N) is 6. The van der Waals surface area contributed by atoms with Gasteiger partial charge in [0, 0.05) is 100 Å². The van der Waals surface area contributed by atoms with Crippen molar-refractivity contribution in [3.8, 4) is 0 Å². The fraction of sp³-hybridized carbons (Fsp3) is 0.870. The van der Waals surface area contributed by atoms with E-state index in [2.05, 4.69) is 136 Å². The third kappa shape index (κ3) is 9.74. The van der Waals surface area contributed by atoms with Gasteiger partial charge in [-0.1, -0.05) is 49.6 Å². The first-order valence-electron chi connectivity index (χ1n) is 21.9. The van der Waals surface area contributed by atoms with Crippen LogP contribution in [0.5, 0.6) is 0 Å². The van der Waals surface area contributed by atoms with E-state index < -0.39 is 0 Å². The molecule has 0 spiro atoms. The van der Waals surface area contributed by atoms with Crippen molar-refractivity contribution in [1.29, 1.82) is 0 Å². The minimum absolute atomic E-state index is 0.282. The summed E-state index contributed by atoms with van der Waals surface area (Å²) in [4.78, 5) is 15.6. The molecule has 6 heterocycles. The van der Waals surface area contributed by atoms with Gasteiger partial charge in [-0.2, -0.15) is 0 Å². The first-order valence-corrected chi connectivity index (χ1v) is 21.9. The maximum Gasteiger partial charge on any atom is 0.0774 e. The molecule has 302 valence electrons. The zero-order valence-corrected chi connectivity index (χ0v) is 36.3. The highest BCUT2D eigenvalue weighted by Gasteiger charge is 2.54. The molecule has 7 aliphatic rings. The highest BCUT2D eigenvalue weighted by molar-refractivity contribution is 5.32. The third-order valence-electron chi connectivity index (χ3n) is 15.0. The van der Waals surface area contributed by atoms with Crippen molar-refractivity contribution in [2.75, 3.05) is 92.6 Å². The average molecular weight is 735 g/mol. The van der Waals surface area contributed by atoms with Gasteiger partial charge in [-0.15, -0.1) is 0 Å². The molecule has 0 radical (unpaired) electrons. The van der Waals surface area contributed by atoms with Crippen LogP contribution in [-0.2, 0) is 5.41 Å². The number of β-amino-alcohol motifs (C(OH)–C–C–N with tert-alkyl or cyclic N) is 1. The largest absolute Gasteiger partial charge is 0.389 e. The van der Waals surface area contributed by atoms with Gasteiger partial charge in [0.1, 0.15) is 0 Å². The van der Waals surface area contributed by atoms with Gasteiger partial charge in [0.25, 0.3) is 0 Å². The lowest BCUT2D eigenvalue weighted by molar-refractivity contribution is -0.0239. The second-order valence-electron chi connectivity index (χ2n) is 22.0. The Bertz CT molecular complexity index is 1300. The number of rotatable bonds is 3. The lowest BCUT2D eigenvalue weighted by Gasteiger charge is -2.44. The van der Waals surface area contributed by atoms with Crippen molar-refractivity contribution in [1.82, 2.24) is 29.4 Å². The van der Waals surface area contributed by atoms with E-state index in [1.807, 2.05) is 0 Å². The molecule has 8 rings (SSSR count). The smallest absolute Gasteiger partial charge is 0.0774 e. The Kier molecular flexibility index (Phi) is 12.6. The monoisotopic (exact) mass is 735 g/mol. The van der Waals surface area contributed by atoms with Crippen LogP contribution in [0.4, 0.5) is 0 Å². The molecule has 1 aliphatic carbocycles. The second-order valence-corrected chi connectivity index (χ2v) is 22.0. The Balaban J connectivity index is 0.000000138. The van der Waals surface area contributed by atoms with Crippen molar-refractivity contribution >= 4 is 0 Å². The highest BCUT2D eigenvalue weighted by Crippen LogP contribution is 2.46. The number of benzene rings is 1. The van der Waals surface area contributed by atoms with Gasteiger partial charge in [-0.3, -0.25) is 19.6 Å². The summed E-state index contributed by atoms with van der Waals surface area (Å²) in [6, 6.07) is 12.1. The number of likely N-dealkylation sites (tertiary alicyclic amines) is 6. The molecule has 0 bridgehead atoms. The Hall–Kier alpha value is -1.06. The molecule has 6 aliphatic heterocycles. The van der Waals surface area contributed by atoms with Crippen molar-refractivity contribution < 1.29 is 5.11 Å². The molecule has 0 amide bonds. The van der Waals surface area contributed by atoms with Crippen LogP contribution in [0.1, 0.15) is 113 Å². The van der Waals surface area contributed by atoms with Crippen molar-refractivity contribution in [2.24, 2.45) is 23.7 Å². The summed E-state index contributed by atoms with van der Waals surface area (Å²) in [7, 11) is 4.56. The van der Waals surface area contributed by atoms with E-state index in [1.165, 1.54) is 110 Å². The normalized spacial score (nSPS) is 34.6. The Labute approximate surface area is 326 Å². The topological polar surface area (TPSA) is 39.7 Å². The van der Waals surface area contributed by atoms with Crippen LogP contribution in [0, 0.1) is 23.7 Å². The van der Waals surface area contributed by atoms with Gasteiger partial charge in [-0.25, -0.2) is 0 Å². The van der Waals surface area contributed by atoms with E-state index in [0.717, 1.165) is 49.1 Å². The minimum atomic E-state index is -0.374. The van der Waals surface area contributed by atoms with Crippen molar-refractivity contribution in [2.45, 2.75) is 141 Å². The van der Waals surface area contributed by atoms with E-state index in [4.69, 9.17) is 0 Å². The zero-order chi connectivity index (χ0) is 38.4. The third-order valence-corrected chi connectivity index (χ3v) is 15.0. The SMILES string of the molecule is CC(C)(C)N1C[C@H]2CN(CC3(O)CCCCC3)C[C@H]2C1.CN1CC[C@H]2CN(C(C)(C)C)CC[C@H]21.CN1C[C@H]2CN(C(C)(C)C)C[C@@]2(c2ccccc2)C1. The summed E-state index contributed by atoms with van der Waals surface area (Å²) in [5, 5.41) is 10.7. The van der Waals surface area contributed by atoms with Crippen LogP contribution in [-0.4, -0.2) is 155 Å². The Morgan fingerprint density at radius 3 is 1.79 bits per heavy atom. The predicted octanol–water partition coefficient (Wildman–Crippen LogP) is 6.75. The van der Waals surface area contributed by atoms with E-state index in [9.17, 15) is 5.11 Å². The first-order chi connectivity index (χ1) is 24.8. The molecule has 6 atom stereocenters. The van der Waals surface area contributed by atoms with Gasteiger partial charge in [0.15, 0.2) is 0 Å². The number of aliphatic hydroxyl groups is 1. The number of piperidine rings is 1. The fourth-order valence-electron chi connectivity index (χ4n) is 11.6. The van der Waals surface area contributed by atoms with Crippen LogP contribution in [0.2, 0.25) is 0 Å². The number of hydrogen-bond acceptors (Lipinski definition) is 7. The summed E-state index contributed by atoms with van der Waals surface area (Å²) in [6.45, 7) is 35.7. The fourth-order valence-corrected chi connectivity index (χ4v) is 11.6. The molecular weight excluding hydrogens is 653 g/mol. The van der Waals surface area contributed by atoms with Gasteiger partial charge >= 0.3 is 0 Å². The molecule has 1 N–H and O–H groups in total. The number of fused-ring (bicyclic) bond motifs is 3. The molecule has 1 saturated carbocycles. The molecule has 53 heavy (non-hydrogen) atoms. The van der Waals surface area contributed by atoms with E-state index in [0.29, 0.717) is 16.5 Å². The minimum Gasteiger partial charge on any atom is -0.389 e. The first kappa shape index (κ1) is 41.6. The van der Waals surface area contributed by atoms with Crippen LogP contribution >= 0.6 is 0 Å². The zero-order valence-electron chi connectivity index (χ0n) is 36.3. The summed E-state index contributed by atoms with van der Waals surface area (Å²) in [5.74, 6) is 3.38. The molecule has 0 aromatic heterocycles. The lowest BCUT2D eigenvalue weighted by Crippen LogP contribution is -2.52. The van der Waals surface area contributed by atoms with Crippen LogP contribution in [0.3, 0.4) is 0 Å².